The lowest BCUT2D eigenvalue weighted by atomic mass is 10.2. The minimum Gasteiger partial charge on any atom is -0.479 e. The highest BCUT2D eigenvalue weighted by atomic mass is 16.4. The average Bonchev–Trinajstić information content (AvgIpc) is 2.03. The molecule has 0 radical (unpaired) electrons. The molecule has 12 heavy (non-hydrogen) atoms. The third-order valence-electron chi connectivity index (χ3n) is 1.18. The lowest BCUT2D eigenvalue weighted by Crippen LogP contribution is -2.16. The van der Waals surface area contributed by atoms with Crippen LogP contribution >= 0.6 is 0 Å². The Hall–Kier alpha value is -1.05. The molecule has 0 aromatic rings. The number of hydrogen-bond acceptors (Lipinski definition) is 3. The monoisotopic (exact) mass is 172 g/mol. The maximum Gasteiger partial charge on any atom is 0.345 e. The van der Waals surface area contributed by atoms with Crippen molar-refractivity contribution in [2.75, 3.05) is 6.61 Å². The molecule has 0 fully saturated rings. The van der Waals surface area contributed by atoms with E-state index in [2.05, 4.69) is 11.8 Å². The topological polar surface area (TPSA) is 77.8 Å². The molecule has 0 aliphatic heterocycles. The van der Waals surface area contributed by atoms with E-state index in [1.54, 1.807) is 0 Å². The number of carbonyl (C=O) groups is 1. The van der Waals surface area contributed by atoms with Gasteiger partial charge in [0.2, 0.25) is 6.10 Å². The summed E-state index contributed by atoms with van der Waals surface area (Å²) in [7, 11) is 0. The summed E-state index contributed by atoms with van der Waals surface area (Å²) < 4.78 is 0. The van der Waals surface area contributed by atoms with Crippen LogP contribution in [-0.2, 0) is 4.79 Å². The molecule has 0 aliphatic carbocycles. The van der Waals surface area contributed by atoms with Crippen LogP contribution < -0.4 is 0 Å². The van der Waals surface area contributed by atoms with Crippen molar-refractivity contribution in [2.45, 2.75) is 25.4 Å². The largest absolute Gasteiger partial charge is 0.479 e. The molecule has 1 atom stereocenters. The third-order valence-corrected chi connectivity index (χ3v) is 1.18. The number of hydrogen-bond donors (Lipinski definition) is 3. The molecule has 68 valence electrons. The van der Waals surface area contributed by atoms with Gasteiger partial charge in [-0.15, -0.1) is 0 Å². The summed E-state index contributed by atoms with van der Waals surface area (Å²) in [5.74, 6) is 3.35. The Morgan fingerprint density at radius 3 is 2.58 bits per heavy atom. The van der Waals surface area contributed by atoms with E-state index in [1.807, 2.05) is 0 Å². The Balaban J connectivity index is 3.52. The molecule has 0 amide bonds. The van der Waals surface area contributed by atoms with Crippen molar-refractivity contribution in [1.29, 1.82) is 0 Å². The van der Waals surface area contributed by atoms with Crippen LogP contribution in [0, 0.1) is 11.8 Å². The number of rotatable bonds is 4. The van der Waals surface area contributed by atoms with Crippen molar-refractivity contribution in [1.82, 2.24) is 0 Å². The molecule has 0 aromatic heterocycles. The molecule has 0 saturated heterocycles. The van der Waals surface area contributed by atoms with E-state index in [0.717, 1.165) is 6.42 Å². The summed E-state index contributed by atoms with van der Waals surface area (Å²) in [4.78, 5) is 10.0. The van der Waals surface area contributed by atoms with Gasteiger partial charge in [-0.1, -0.05) is 11.8 Å². The van der Waals surface area contributed by atoms with Gasteiger partial charge in [0.05, 0.1) is 0 Å². The summed E-state index contributed by atoms with van der Waals surface area (Å²) >= 11 is 0. The molecule has 0 bridgehead atoms. The predicted octanol–water partition coefficient (Wildman–Crippen LogP) is -0.402. The van der Waals surface area contributed by atoms with Crippen molar-refractivity contribution in [3.63, 3.8) is 0 Å². The fraction of sp³-hybridized carbons (Fsp3) is 0.625. The first-order valence-corrected chi connectivity index (χ1v) is 3.68. The third kappa shape index (κ3) is 5.71. The van der Waals surface area contributed by atoms with Gasteiger partial charge in [0.1, 0.15) is 0 Å². The molecule has 0 rings (SSSR count). The van der Waals surface area contributed by atoms with Crippen LogP contribution in [0.4, 0.5) is 0 Å². The summed E-state index contributed by atoms with van der Waals surface area (Å²) in [6, 6.07) is 0. The van der Waals surface area contributed by atoms with E-state index in [-0.39, 0.29) is 6.61 Å². The fourth-order valence-electron chi connectivity index (χ4n) is 0.556. The molecular formula is C8H12O4. The van der Waals surface area contributed by atoms with Crippen molar-refractivity contribution in [3.05, 3.63) is 0 Å². The normalized spacial score (nSPS) is 11.5. The second-order valence-electron chi connectivity index (χ2n) is 2.24. The van der Waals surface area contributed by atoms with Gasteiger partial charge in [-0.05, 0) is 12.8 Å². The zero-order chi connectivity index (χ0) is 9.40. The van der Waals surface area contributed by atoms with E-state index >= 15 is 0 Å². The molecule has 0 saturated carbocycles. The van der Waals surface area contributed by atoms with Gasteiger partial charge in [0.25, 0.3) is 0 Å². The molecule has 1 unspecified atom stereocenters. The van der Waals surface area contributed by atoms with Gasteiger partial charge in [-0.3, -0.25) is 0 Å². The Morgan fingerprint density at radius 2 is 2.08 bits per heavy atom. The van der Waals surface area contributed by atoms with Crippen molar-refractivity contribution in [3.8, 4) is 11.8 Å². The van der Waals surface area contributed by atoms with Crippen LogP contribution in [-0.4, -0.2) is 34.0 Å². The summed E-state index contributed by atoms with van der Waals surface area (Å²) in [5.41, 5.74) is 0. The van der Waals surface area contributed by atoms with Gasteiger partial charge >= 0.3 is 5.97 Å². The maximum atomic E-state index is 10.0. The first-order chi connectivity index (χ1) is 5.68. The van der Waals surface area contributed by atoms with Gasteiger partial charge in [0.15, 0.2) is 0 Å². The van der Waals surface area contributed by atoms with Crippen LogP contribution in [0.2, 0.25) is 0 Å². The molecule has 0 heterocycles. The molecule has 3 N–H and O–H groups in total. The quantitative estimate of drug-likeness (QED) is 0.398. The Kier molecular flexibility index (Phi) is 6.07. The maximum absolute atomic E-state index is 10.0. The van der Waals surface area contributed by atoms with Crippen molar-refractivity contribution < 1.29 is 20.1 Å². The molecule has 4 nitrogen and oxygen atoms in total. The van der Waals surface area contributed by atoms with E-state index in [4.69, 9.17) is 15.3 Å². The number of unbranched alkanes of at least 4 members (excludes halogenated alkanes) is 2. The van der Waals surface area contributed by atoms with Gasteiger partial charge in [-0.25, -0.2) is 4.79 Å². The fourth-order valence-corrected chi connectivity index (χ4v) is 0.556. The zero-order valence-electron chi connectivity index (χ0n) is 6.66. The smallest absolute Gasteiger partial charge is 0.345 e. The second-order valence-corrected chi connectivity index (χ2v) is 2.24. The van der Waals surface area contributed by atoms with Crippen LogP contribution in [0.1, 0.15) is 19.3 Å². The predicted molar refractivity (Wildman–Crippen MR) is 42.4 cm³/mol. The lowest BCUT2D eigenvalue weighted by Gasteiger charge is -1.92. The van der Waals surface area contributed by atoms with Crippen LogP contribution in [0.3, 0.4) is 0 Å². The Morgan fingerprint density at radius 1 is 1.42 bits per heavy atom. The highest BCUT2D eigenvalue weighted by Gasteiger charge is 2.06. The van der Waals surface area contributed by atoms with E-state index in [1.165, 1.54) is 0 Å². The van der Waals surface area contributed by atoms with Crippen LogP contribution in [0.15, 0.2) is 0 Å². The Bertz CT molecular complexity index is 189. The molecule has 0 aromatic carbocycles. The number of aliphatic hydroxyl groups is 2. The van der Waals surface area contributed by atoms with Crippen molar-refractivity contribution >= 4 is 5.97 Å². The zero-order valence-corrected chi connectivity index (χ0v) is 6.66. The number of aliphatic carboxylic acids is 1. The number of aliphatic hydroxyl groups excluding tert-OH is 2. The lowest BCUT2D eigenvalue weighted by molar-refractivity contribution is -0.143. The first-order valence-electron chi connectivity index (χ1n) is 3.68. The highest BCUT2D eigenvalue weighted by molar-refractivity contribution is 5.75. The summed E-state index contributed by atoms with van der Waals surface area (Å²) in [6.07, 6.45) is 0.289. The van der Waals surface area contributed by atoms with Crippen LogP contribution in [0.25, 0.3) is 0 Å². The SMILES string of the molecule is O=C(O)C(O)C#CCCCCO. The van der Waals surface area contributed by atoms with Gasteiger partial charge < -0.3 is 15.3 Å². The highest BCUT2D eigenvalue weighted by Crippen LogP contribution is 1.91. The summed E-state index contributed by atoms with van der Waals surface area (Å²) in [6.45, 7) is 0.114. The minimum atomic E-state index is -1.58. The van der Waals surface area contributed by atoms with Crippen molar-refractivity contribution in [2.24, 2.45) is 0 Å². The first kappa shape index (κ1) is 11.0. The van der Waals surface area contributed by atoms with Crippen LogP contribution in [0.5, 0.6) is 0 Å². The second kappa shape index (κ2) is 6.65. The van der Waals surface area contributed by atoms with Gasteiger partial charge in [0, 0.05) is 13.0 Å². The van der Waals surface area contributed by atoms with E-state index in [9.17, 15) is 4.79 Å². The van der Waals surface area contributed by atoms with Gasteiger partial charge in [-0.2, -0.15) is 0 Å². The molecule has 0 spiro atoms. The molecule has 4 heteroatoms. The standard InChI is InChI=1S/C8H12O4/c9-6-4-2-1-3-5-7(10)8(11)12/h7,9-10H,1-2,4,6H2,(H,11,12). The number of carboxylic acids is 1. The molecular weight excluding hydrogens is 160 g/mol. The minimum absolute atomic E-state index is 0.114. The average molecular weight is 172 g/mol. The molecule has 0 aliphatic rings. The Labute approximate surface area is 70.8 Å². The summed E-state index contributed by atoms with van der Waals surface area (Å²) in [5, 5.41) is 25.2. The van der Waals surface area contributed by atoms with E-state index < -0.39 is 12.1 Å². The number of carboxylic acid groups (broad SMARTS) is 1. The van der Waals surface area contributed by atoms with E-state index in [0.29, 0.717) is 12.8 Å².